The zero-order chi connectivity index (χ0) is 13.1. The van der Waals surface area contributed by atoms with Crippen LogP contribution in [0, 0.1) is 16.2 Å². The van der Waals surface area contributed by atoms with Gasteiger partial charge in [0.15, 0.2) is 5.75 Å². The molecule has 0 fully saturated rings. The number of nitro groups is 1. The van der Waals surface area contributed by atoms with E-state index in [0.717, 1.165) is 0 Å². The highest BCUT2D eigenvalue weighted by Crippen LogP contribution is 2.36. The van der Waals surface area contributed by atoms with Crippen molar-refractivity contribution in [1.82, 2.24) is 0 Å². The Morgan fingerprint density at radius 2 is 1.67 bits per heavy atom. The molecule has 0 unspecified atom stereocenters. The van der Waals surface area contributed by atoms with Gasteiger partial charge in [-0.2, -0.15) is 0 Å². The van der Waals surface area contributed by atoms with E-state index >= 15 is 0 Å². The quantitative estimate of drug-likeness (QED) is 0.615. The van der Waals surface area contributed by atoms with E-state index in [0.29, 0.717) is 21.5 Å². The second-order valence-corrected chi connectivity index (χ2v) is 4.15. The van der Waals surface area contributed by atoms with E-state index in [9.17, 15) is 10.1 Å². The Morgan fingerprint density at radius 1 is 1.11 bits per heavy atom. The molecular weight excluding hydrogens is 277 g/mol. The Bertz CT molecular complexity index is 564. The van der Waals surface area contributed by atoms with E-state index in [1.165, 1.54) is 36.4 Å². The summed E-state index contributed by atoms with van der Waals surface area (Å²) in [7, 11) is 0. The van der Waals surface area contributed by atoms with Crippen molar-refractivity contribution in [2.75, 3.05) is 0 Å². The lowest BCUT2D eigenvalue weighted by Gasteiger charge is -2.08. The summed E-state index contributed by atoms with van der Waals surface area (Å²) in [6.07, 6.45) is 0. The minimum Gasteiger partial charge on any atom is -0.454 e. The molecule has 0 aliphatic carbocycles. The molecule has 0 bridgehead atoms. The third-order valence-electron chi connectivity index (χ3n) is 2.12. The number of ether oxygens (including phenoxy) is 1. The van der Waals surface area contributed by atoms with Crippen LogP contribution in [0.15, 0.2) is 36.4 Å². The van der Waals surface area contributed by atoms with Crippen molar-refractivity contribution in [3.05, 3.63) is 62.6 Å². The fraction of sp³-hybridized carbons (Fsp3) is 0. The number of nitrogens with zero attached hydrogens (tertiary/aromatic N) is 1. The first-order chi connectivity index (χ1) is 8.58. The second kappa shape index (κ2) is 5.25. The highest BCUT2D eigenvalue weighted by atomic mass is 35.5. The molecule has 0 N–H and O–H groups in total. The van der Waals surface area contributed by atoms with Crippen molar-refractivity contribution in [3.8, 4) is 11.5 Å². The van der Waals surface area contributed by atoms with Crippen LogP contribution in [0.2, 0.25) is 10.0 Å². The monoisotopic (exact) mass is 282 g/mol. The van der Waals surface area contributed by atoms with Crippen molar-refractivity contribution in [3.63, 3.8) is 0 Å². The van der Waals surface area contributed by atoms with Crippen LogP contribution in [0.5, 0.6) is 11.5 Å². The molecule has 0 heterocycles. The van der Waals surface area contributed by atoms with Gasteiger partial charge in [-0.3, -0.25) is 10.1 Å². The van der Waals surface area contributed by atoms with Crippen molar-refractivity contribution in [1.29, 1.82) is 0 Å². The molecule has 2 aromatic rings. The summed E-state index contributed by atoms with van der Waals surface area (Å²) < 4.78 is 5.47. The number of hydrogen-bond donors (Lipinski definition) is 0. The van der Waals surface area contributed by atoms with Crippen molar-refractivity contribution < 1.29 is 9.66 Å². The molecule has 0 saturated heterocycles. The van der Waals surface area contributed by atoms with Gasteiger partial charge in [0.25, 0.3) is 5.69 Å². The molecular formula is C12H6Cl2NO3. The average molecular weight is 283 g/mol. The summed E-state index contributed by atoms with van der Waals surface area (Å²) in [5.41, 5.74) is -0.0130. The Morgan fingerprint density at radius 3 is 2.17 bits per heavy atom. The molecule has 1 radical (unpaired) electrons. The third kappa shape index (κ3) is 2.72. The zero-order valence-corrected chi connectivity index (χ0v) is 10.4. The SMILES string of the molecule is O=[N+]([O-])c1ccc(Oc2c(Cl)c[c]cc2Cl)cc1. The number of nitro benzene ring substituents is 1. The summed E-state index contributed by atoms with van der Waals surface area (Å²) in [5.74, 6) is 0.710. The van der Waals surface area contributed by atoms with Crippen molar-refractivity contribution >= 4 is 28.9 Å². The minimum atomic E-state index is -0.485. The largest absolute Gasteiger partial charge is 0.454 e. The molecule has 2 aromatic carbocycles. The van der Waals surface area contributed by atoms with Gasteiger partial charge in [0.1, 0.15) is 5.75 Å². The molecule has 0 aliphatic rings. The predicted molar refractivity (Wildman–Crippen MR) is 68.5 cm³/mol. The zero-order valence-electron chi connectivity index (χ0n) is 8.89. The van der Waals surface area contributed by atoms with Crippen LogP contribution in [0.4, 0.5) is 5.69 Å². The van der Waals surface area contributed by atoms with Gasteiger partial charge >= 0.3 is 0 Å². The first-order valence-corrected chi connectivity index (χ1v) is 5.61. The molecule has 0 amide bonds. The highest BCUT2D eigenvalue weighted by molar-refractivity contribution is 6.37. The van der Waals surface area contributed by atoms with Crippen molar-refractivity contribution in [2.45, 2.75) is 0 Å². The van der Waals surface area contributed by atoms with Gasteiger partial charge in [-0.05, 0) is 30.3 Å². The van der Waals surface area contributed by atoms with Gasteiger partial charge in [-0.1, -0.05) is 23.2 Å². The summed E-state index contributed by atoms with van der Waals surface area (Å²) >= 11 is 11.8. The average Bonchev–Trinajstić information content (AvgIpc) is 2.34. The van der Waals surface area contributed by atoms with Crippen LogP contribution in [0.25, 0.3) is 0 Å². The van der Waals surface area contributed by atoms with E-state index in [1.807, 2.05) is 0 Å². The molecule has 0 spiro atoms. The van der Waals surface area contributed by atoms with Gasteiger partial charge in [0.05, 0.1) is 15.0 Å². The molecule has 0 atom stereocenters. The van der Waals surface area contributed by atoms with Gasteiger partial charge in [-0.15, -0.1) is 0 Å². The van der Waals surface area contributed by atoms with E-state index in [-0.39, 0.29) is 5.69 Å². The number of benzene rings is 2. The molecule has 0 aromatic heterocycles. The Balaban J connectivity index is 2.26. The molecule has 2 rings (SSSR count). The van der Waals surface area contributed by atoms with Gasteiger partial charge in [-0.25, -0.2) is 0 Å². The smallest absolute Gasteiger partial charge is 0.269 e. The molecule has 91 valence electrons. The van der Waals surface area contributed by atoms with E-state index in [2.05, 4.69) is 6.07 Å². The van der Waals surface area contributed by atoms with Gasteiger partial charge in [0, 0.05) is 12.1 Å². The fourth-order valence-corrected chi connectivity index (χ4v) is 1.74. The first-order valence-electron chi connectivity index (χ1n) is 4.85. The summed E-state index contributed by atoms with van der Waals surface area (Å²) in [6, 6.07) is 11.4. The predicted octanol–water partition coefficient (Wildman–Crippen LogP) is 4.49. The Hall–Kier alpha value is -1.78. The van der Waals surface area contributed by atoms with Crippen LogP contribution >= 0.6 is 23.2 Å². The minimum absolute atomic E-state index is 0.0130. The number of halogens is 2. The van der Waals surface area contributed by atoms with Crippen LogP contribution in [-0.4, -0.2) is 4.92 Å². The summed E-state index contributed by atoms with van der Waals surface area (Å²) in [4.78, 5) is 10.0. The lowest BCUT2D eigenvalue weighted by Crippen LogP contribution is -1.89. The second-order valence-electron chi connectivity index (χ2n) is 3.33. The molecule has 6 heteroatoms. The lowest BCUT2D eigenvalue weighted by molar-refractivity contribution is -0.384. The topological polar surface area (TPSA) is 52.4 Å². The summed E-state index contributed by atoms with van der Waals surface area (Å²) in [5, 5.41) is 11.1. The maximum atomic E-state index is 10.5. The van der Waals surface area contributed by atoms with E-state index in [1.54, 1.807) is 0 Å². The number of rotatable bonds is 3. The third-order valence-corrected chi connectivity index (χ3v) is 2.68. The first kappa shape index (κ1) is 12.7. The van der Waals surface area contributed by atoms with Crippen LogP contribution in [0.1, 0.15) is 0 Å². The maximum absolute atomic E-state index is 10.5. The van der Waals surface area contributed by atoms with Crippen molar-refractivity contribution in [2.24, 2.45) is 0 Å². The fourth-order valence-electron chi connectivity index (χ4n) is 1.28. The number of non-ortho nitro benzene ring substituents is 1. The number of hydrogen-bond acceptors (Lipinski definition) is 3. The normalized spacial score (nSPS) is 10.1. The summed E-state index contributed by atoms with van der Waals surface area (Å²) in [6.45, 7) is 0. The van der Waals surface area contributed by atoms with Gasteiger partial charge < -0.3 is 4.74 Å². The maximum Gasteiger partial charge on any atom is 0.269 e. The van der Waals surface area contributed by atoms with E-state index < -0.39 is 4.92 Å². The lowest BCUT2D eigenvalue weighted by atomic mass is 10.3. The molecule has 0 aliphatic heterocycles. The van der Waals surface area contributed by atoms with E-state index in [4.69, 9.17) is 27.9 Å². The highest BCUT2D eigenvalue weighted by Gasteiger charge is 2.09. The molecule has 0 saturated carbocycles. The molecule has 4 nitrogen and oxygen atoms in total. The Labute approximate surface area is 113 Å². The van der Waals surface area contributed by atoms with Crippen LogP contribution < -0.4 is 4.74 Å². The van der Waals surface area contributed by atoms with Crippen LogP contribution in [-0.2, 0) is 0 Å². The molecule has 18 heavy (non-hydrogen) atoms. The van der Waals surface area contributed by atoms with Gasteiger partial charge in [0.2, 0.25) is 0 Å². The van der Waals surface area contributed by atoms with Crippen LogP contribution in [0.3, 0.4) is 0 Å². The standard InChI is InChI=1S/C12H6Cl2NO3/c13-10-2-1-3-11(14)12(10)18-9-6-4-8(5-7-9)15(16)17/h2-7H. The Kier molecular flexibility index (Phi) is 3.69.